The molecule has 0 bridgehead atoms. The number of carbonyl (C=O) groups excluding carboxylic acids is 1. The summed E-state index contributed by atoms with van der Waals surface area (Å²) in [6, 6.07) is 3.08. The molecule has 4 aromatic rings. The second kappa shape index (κ2) is 11.4. The van der Waals surface area contributed by atoms with Crippen LogP contribution in [0.15, 0.2) is 47.7 Å². The van der Waals surface area contributed by atoms with E-state index in [0.717, 1.165) is 4.57 Å². The van der Waals surface area contributed by atoms with E-state index in [1.165, 1.54) is 37.5 Å². The fraction of sp³-hybridized carbons (Fsp3) is 0.241. The molecule has 5 heterocycles. The molecule has 1 aliphatic heterocycles. The van der Waals surface area contributed by atoms with Crippen molar-refractivity contribution in [3.05, 3.63) is 98.5 Å². The lowest BCUT2D eigenvalue weighted by molar-refractivity contribution is -0.120. The van der Waals surface area contributed by atoms with Crippen molar-refractivity contribution >= 4 is 23.6 Å². The number of aromatic nitrogens is 5. The third kappa shape index (κ3) is 5.62. The van der Waals surface area contributed by atoms with E-state index in [9.17, 15) is 18.4 Å². The molecule has 0 fully saturated rings. The standard InChI is InChI=1S/C29H24ClF3N6O3/c1-15(40)38-29(2,3)28-34-9-8-20(37-28)25-24(33)26-16(12-36-25)6-4-5-7-18-11-22(23(30)27(41)39(18)26)42-14-21-19(32)10-17(31)13-35-21/h5,7-13H,4,6,14H2,1-3H3,(H,38,40)/b7-5-/i14D2. The molecule has 0 atom stereocenters. The highest BCUT2D eigenvalue weighted by atomic mass is 35.5. The van der Waals surface area contributed by atoms with Crippen LogP contribution in [0.5, 0.6) is 5.75 Å². The van der Waals surface area contributed by atoms with Gasteiger partial charge in [0.25, 0.3) is 5.56 Å². The van der Waals surface area contributed by atoms with Crippen molar-refractivity contribution in [1.29, 1.82) is 0 Å². The second-order valence-corrected chi connectivity index (χ2v) is 10.3. The summed E-state index contributed by atoms with van der Waals surface area (Å²) in [7, 11) is 0. The average Bonchev–Trinajstić information content (AvgIpc) is 2.92. The molecule has 216 valence electrons. The molecule has 1 N–H and O–H groups in total. The van der Waals surface area contributed by atoms with Gasteiger partial charge in [-0.1, -0.05) is 17.7 Å². The van der Waals surface area contributed by atoms with Gasteiger partial charge in [0.2, 0.25) is 5.91 Å². The van der Waals surface area contributed by atoms with E-state index in [0.29, 0.717) is 30.7 Å². The fourth-order valence-electron chi connectivity index (χ4n) is 4.45. The number of fused-ring (bicyclic) bond motifs is 3. The zero-order valence-electron chi connectivity index (χ0n) is 24.5. The van der Waals surface area contributed by atoms with Crippen LogP contribution in [0.3, 0.4) is 0 Å². The molecule has 4 aromatic heterocycles. The Labute approximate surface area is 245 Å². The van der Waals surface area contributed by atoms with Gasteiger partial charge in [0, 0.05) is 31.5 Å². The van der Waals surface area contributed by atoms with Crippen molar-refractivity contribution in [2.24, 2.45) is 0 Å². The molecule has 0 aliphatic carbocycles. The van der Waals surface area contributed by atoms with Crippen molar-refractivity contribution in [3.8, 4) is 22.8 Å². The van der Waals surface area contributed by atoms with Crippen LogP contribution in [-0.2, 0) is 23.3 Å². The van der Waals surface area contributed by atoms with Gasteiger partial charge in [-0.2, -0.15) is 0 Å². The number of pyridine rings is 3. The minimum absolute atomic E-state index is 0.0740. The van der Waals surface area contributed by atoms with Crippen LogP contribution in [0.4, 0.5) is 13.2 Å². The first-order valence-corrected chi connectivity index (χ1v) is 13.0. The Morgan fingerprint density at radius 3 is 2.74 bits per heavy atom. The van der Waals surface area contributed by atoms with Gasteiger partial charge in [0.1, 0.15) is 34.5 Å². The van der Waals surface area contributed by atoms with Crippen molar-refractivity contribution in [3.63, 3.8) is 0 Å². The molecule has 0 spiro atoms. The molecule has 42 heavy (non-hydrogen) atoms. The summed E-state index contributed by atoms with van der Waals surface area (Å²) < 4.78 is 66.9. The number of halogens is 4. The van der Waals surface area contributed by atoms with Crippen molar-refractivity contribution in [1.82, 2.24) is 29.8 Å². The van der Waals surface area contributed by atoms with Gasteiger partial charge >= 0.3 is 0 Å². The number of aryl methyl sites for hydroxylation is 1. The maximum absolute atomic E-state index is 16.5. The number of ether oxygens (including phenoxy) is 1. The molecular formula is C29H24ClF3N6O3. The number of amides is 1. The minimum Gasteiger partial charge on any atom is -0.485 e. The van der Waals surface area contributed by atoms with Gasteiger partial charge in [0.05, 0.1) is 31.6 Å². The van der Waals surface area contributed by atoms with Crippen LogP contribution in [0.2, 0.25) is 5.02 Å². The van der Waals surface area contributed by atoms with Gasteiger partial charge in [-0.05, 0) is 44.4 Å². The molecule has 13 heteroatoms. The highest BCUT2D eigenvalue weighted by Gasteiger charge is 2.28. The molecule has 0 unspecified atom stereocenters. The topological polar surface area (TPSA) is 112 Å². The third-order valence-corrected chi connectivity index (χ3v) is 6.67. The van der Waals surface area contributed by atoms with Crippen LogP contribution >= 0.6 is 11.6 Å². The number of carbonyl (C=O) groups is 1. The van der Waals surface area contributed by atoms with Gasteiger partial charge < -0.3 is 10.1 Å². The smallest absolute Gasteiger partial charge is 0.278 e. The fourth-order valence-corrected chi connectivity index (χ4v) is 4.63. The van der Waals surface area contributed by atoms with E-state index in [2.05, 4.69) is 25.3 Å². The number of allylic oxidation sites excluding steroid dienone is 1. The lowest BCUT2D eigenvalue weighted by atomic mass is 10.0. The van der Waals surface area contributed by atoms with Gasteiger partial charge in [-0.25, -0.2) is 23.1 Å². The zero-order chi connectivity index (χ0) is 32.0. The molecule has 5 rings (SSSR count). The molecule has 0 radical (unpaired) electrons. The summed E-state index contributed by atoms with van der Waals surface area (Å²) in [4.78, 5) is 41.8. The summed E-state index contributed by atoms with van der Waals surface area (Å²) in [5.41, 5.74) is -2.61. The van der Waals surface area contributed by atoms with E-state index >= 15 is 4.39 Å². The molecular weight excluding hydrogens is 573 g/mol. The largest absolute Gasteiger partial charge is 0.485 e. The second-order valence-electron chi connectivity index (χ2n) is 9.88. The van der Waals surface area contributed by atoms with Gasteiger partial charge in [-0.15, -0.1) is 0 Å². The number of hydrogen-bond donors (Lipinski definition) is 1. The van der Waals surface area contributed by atoms with E-state index in [-0.39, 0.29) is 34.5 Å². The first kappa shape index (κ1) is 26.3. The van der Waals surface area contributed by atoms with Crippen molar-refractivity contribution < 1.29 is 25.4 Å². The Bertz CT molecular complexity index is 1900. The summed E-state index contributed by atoms with van der Waals surface area (Å²) in [5.74, 6) is -3.80. The quantitative estimate of drug-likeness (QED) is 0.330. The number of nitrogens with one attached hydrogen (secondary N) is 1. The SMILES string of the molecule is [2H]C([2H])(Oc1cc2n(c(=O)c1Cl)-c1c(cnc(-c3ccnc(C(C)(C)NC(C)=O)n3)c1F)CC/C=C\2)c1ncc(F)cc1F. The van der Waals surface area contributed by atoms with E-state index in [1.807, 2.05) is 0 Å². The first-order valence-electron chi connectivity index (χ1n) is 13.6. The number of rotatable bonds is 6. The van der Waals surface area contributed by atoms with E-state index < -0.39 is 51.6 Å². The van der Waals surface area contributed by atoms with E-state index in [1.54, 1.807) is 19.9 Å². The normalized spacial score (nSPS) is 14.5. The maximum Gasteiger partial charge on any atom is 0.278 e. The van der Waals surface area contributed by atoms with Crippen LogP contribution in [0.25, 0.3) is 23.2 Å². The highest BCUT2D eigenvalue weighted by Crippen LogP contribution is 2.32. The average molecular weight is 599 g/mol. The van der Waals surface area contributed by atoms with Crippen LogP contribution in [0, 0.1) is 17.5 Å². The van der Waals surface area contributed by atoms with Gasteiger partial charge in [0.15, 0.2) is 17.5 Å². The zero-order valence-corrected chi connectivity index (χ0v) is 23.3. The Morgan fingerprint density at radius 2 is 2.00 bits per heavy atom. The highest BCUT2D eigenvalue weighted by molar-refractivity contribution is 6.31. The first-order chi connectivity index (χ1) is 20.7. The summed E-state index contributed by atoms with van der Waals surface area (Å²) >= 11 is 6.35. The van der Waals surface area contributed by atoms with Gasteiger partial charge in [-0.3, -0.25) is 24.1 Å². The molecule has 1 amide bonds. The lowest BCUT2D eigenvalue weighted by Gasteiger charge is -2.24. The monoisotopic (exact) mass is 598 g/mol. The molecule has 1 aliphatic rings. The number of hydrogen-bond acceptors (Lipinski definition) is 7. The number of nitrogens with zero attached hydrogens (tertiary/aromatic N) is 5. The third-order valence-electron chi connectivity index (χ3n) is 6.32. The van der Waals surface area contributed by atoms with E-state index in [4.69, 9.17) is 19.1 Å². The molecule has 9 nitrogen and oxygen atoms in total. The molecule has 0 saturated carbocycles. The van der Waals surface area contributed by atoms with Crippen molar-refractivity contribution in [2.75, 3.05) is 0 Å². The molecule has 0 aromatic carbocycles. The molecule has 0 saturated heterocycles. The van der Waals surface area contributed by atoms with Crippen molar-refractivity contribution in [2.45, 2.75) is 45.7 Å². The summed E-state index contributed by atoms with van der Waals surface area (Å²) in [6.07, 6.45) is 7.42. The van der Waals surface area contributed by atoms with Crippen LogP contribution < -0.4 is 15.6 Å². The van der Waals surface area contributed by atoms with Crippen LogP contribution in [0.1, 0.15) is 52.7 Å². The minimum atomic E-state index is -2.96. The maximum atomic E-state index is 16.5. The summed E-state index contributed by atoms with van der Waals surface area (Å²) in [6.45, 7) is 1.75. The lowest BCUT2D eigenvalue weighted by Crippen LogP contribution is -2.41. The summed E-state index contributed by atoms with van der Waals surface area (Å²) in [5, 5.41) is 2.11. The Balaban J connectivity index is 1.64. The Morgan fingerprint density at radius 1 is 1.21 bits per heavy atom. The predicted octanol–water partition coefficient (Wildman–Crippen LogP) is 5.06. The van der Waals surface area contributed by atoms with Crippen LogP contribution in [-0.4, -0.2) is 30.4 Å². The Hall–Kier alpha value is -4.58. The predicted molar refractivity (Wildman–Crippen MR) is 149 cm³/mol. The Kier molecular flexibility index (Phi) is 7.12.